The van der Waals surface area contributed by atoms with Crippen LogP contribution in [0.4, 0.5) is 5.69 Å². The number of amides is 1. The van der Waals surface area contributed by atoms with Crippen LogP contribution in [0.5, 0.6) is 5.75 Å². The van der Waals surface area contributed by atoms with Gasteiger partial charge in [-0.15, -0.1) is 0 Å². The van der Waals surface area contributed by atoms with E-state index in [-0.39, 0.29) is 11.3 Å². The zero-order valence-corrected chi connectivity index (χ0v) is 14.6. The Morgan fingerprint density at radius 2 is 2.04 bits per heavy atom. The highest BCUT2D eigenvalue weighted by Gasteiger charge is 2.44. The van der Waals surface area contributed by atoms with Gasteiger partial charge >= 0.3 is 0 Å². The van der Waals surface area contributed by atoms with Crippen molar-refractivity contribution in [1.82, 2.24) is 10.2 Å². The number of carbonyl (C=O) groups is 1. The molecule has 3 rings (SSSR count). The van der Waals surface area contributed by atoms with Gasteiger partial charge < -0.3 is 24.6 Å². The smallest absolute Gasteiger partial charge is 0.232 e. The third-order valence-electron chi connectivity index (χ3n) is 5.10. The number of ether oxygens (including phenoxy) is 2. The molecule has 2 heterocycles. The lowest BCUT2D eigenvalue weighted by Crippen LogP contribution is -2.55. The predicted octanol–water partition coefficient (Wildman–Crippen LogP) is 0.970. The zero-order valence-electron chi connectivity index (χ0n) is 14.6. The van der Waals surface area contributed by atoms with Crippen LogP contribution in [-0.2, 0) is 9.53 Å². The van der Waals surface area contributed by atoms with Crippen LogP contribution in [0.2, 0.25) is 0 Å². The molecule has 2 aliphatic heterocycles. The van der Waals surface area contributed by atoms with Crippen LogP contribution in [0.25, 0.3) is 0 Å². The lowest BCUT2D eigenvalue weighted by molar-refractivity contribution is -0.144. The van der Waals surface area contributed by atoms with Crippen molar-refractivity contribution < 1.29 is 14.3 Å². The van der Waals surface area contributed by atoms with Gasteiger partial charge in [0.1, 0.15) is 5.75 Å². The molecule has 24 heavy (non-hydrogen) atoms. The Bertz CT molecular complexity index is 564. The van der Waals surface area contributed by atoms with E-state index in [0.717, 1.165) is 57.1 Å². The number of benzene rings is 1. The minimum atomic E-state index is -0.382. The summed E-state index contributed by atoms with van der Waals surface area (Å²) in [5, 5.41) is 3.31. The van der Waals surface area contributed by atoms with Crippen molar-refractivity contribution in [2.24, 2.45) is 5.41 Å². The number of nitrogens with one attached hydrogen (secondary N) is 1. The van der Waals surface area contributed by atoms with Gasteiger partial charge in [0.05, 0.1) is 19.1 Å². The summed E-state index contributed by atoms with van der Waals surface area (Å²) in [7, 11) is 3.36. The van der Waals surface area contributed by atoms with Gasteiger partial charge in [-0.3, -0.25) is 4.79 Å². The number of hydrogen-bond acceptors (Lipinski definition) is 5. The van der Waals surface area contributed by atoms with E-state index in [0.29, 0.717) is 6.61 Å². The summed E-state index contributed by atoms with van der Waals surface area (Å²) in [6.07, 6.45) is 0.857. The monoisotopic (exact) mass is 333 g/mol. The molecular formula is C18H27N3O3. The molecule has 1 aromatic rings. The Hall–Kier alpha value is -1.79. The molecule has 2 fully saturated rings. The fourth-order valence-corrected chi connectivity index (χ4v) is 3.70. The number of nitrogens with zero attached hydrogens (tertiary/aromatic N) is 2. The first kappa shape index (κ1) is 17.0. The molecule has 1 amide bonds. The molecule has 0 bridgehead atoms. The molecule has 1 atom stereocenters. The summed E-state index contributed by atoms with van der Waals surface area (Å²) in [5.74, 6) is 1.10. The van der Waals surface area contributed by atoms with Crippen molar-refractivity contribution in [1.29, 1.82) is 0 Å². The number of hydrogen-bond donors (Lipinski definition) is 1. The van der Waals surface area contributed by atoms with Crippen molar-refractivity contribution in [3.8, 4) is 5.75 Å². The molecule has 132 valence electrons. The molecule has 0 radical (unpaired) electrons. The Morgan fingerprint density at radius 3 is 2.67 bits per heavy atom. The van der Waals surface area contributed by atoms with E-state index in [4.69, 9.17) is 9.47 Å². The summed E-state index contributed by atoms with van der Waals surface area (Å²) in [6.45, 7) is 5.29. The molecule has 2 aliphatic rings. The summed E-state index contributed by atoms with van der Waals surface area (Å²) in [4.78, 5) is 17.3. The van der Waals surface area contributed by atoms with Crippen LogP contribution < -0.4 is 15.0 Å². The fourth-order valence-electron chi connectivity index (χ4n) is 3.70. The van der Waals surface area contributed by atoms with E-state index >= 15 is 0 Å². The van der Waals surface area contributed by atoms with Gasteiger partial charge in [-0.2, -0.15) is 0 Å². The Labute approximate surface area is 143 Å². The average molecular weight is 333 g/mol. The van der Waals surface area contributed by atoms with Gasteiger partial charge in [-0.1, -0.05) is 6.07 Å². The molecule has 0 aromatic heterocycles. The maximum absolute atomic E-state index is 13.0. The average Bonchev–Trinajstić information content (AvgIpc) is 3.11. The SMILES string of the molecule is COCC1(C(=O)N2CCN(c3cccc(OC)c3)CC2)CCNC1. The molecule has 0 spiro atoms. The lowest BCUT2D eigenvalue weighted by atomic mass is 9.86. The quantitative estimate of drug-likeness (QED) is 0.870. The number of piperazine rings is 1. The van der Waals surface area contributed by atoms with Crippen LogP contribution in [0.1, 0.15) is 6.42 Å². The Balaban J connectivity index is 1.63. The molecule has 0 aliphatic carbocycles. The summed E-state index contributed by atoms with van der Waals surface area (Å²) >= 11 is 0. The van der Waals surface area contributed by atoms with E-state index < -0.39 is 0 Å². The first-order valence-corrected chi connectivity index (χ1v) is 8.56. The second-order valence-electron chi connectivity index (χ2n) is 6.62. The number of carbonyl (C=O) groups excluding carboxylic acids is 1. The van der Waals surface area contributed by atoms with E-state index in [1.165, 1.54) is 0 Å². The first-order valence-electron chi connectivity index (χ1n) is 8.56. The third kappa shape index (κ3) is 3.35. The summed E-state index contributed by atoms with van der Waals surface area (Å²) in [6, 6.07) is 8.09. The topological polar surface area (TPSA) is 54.0 Å². The van der Waals surface area contributed by atoms with Crippen molar-refractivity contribution in [3.05, 3.63) is 24.3 Å². The molecule has 6 heteroatoms. The van der Waals surface area contributed by atoms with Crippen LogP contribution in [0.3, 0.4) is 0 Å². The fraction of sp³-hybridized carbons (Fsp3) is 0.611. The first-order chi connectivity index (χ1) is 11.7. The normalized spacial score (nSPS) is 24.2. The van der Waals surface area contributed by atoms with Gasteiger partial charge in [0.15, 0.2) is 0 Å². The Morgan fingerprint density at radius 1 is 1.25 bits per heavy atom. The zero-order chi connectivity index (χ0) is 17.0. The van der Waals surface area contributed by atoms with Crippen molar-refractivity contribution in [2.75, 3.05) is 65.0 Å². The highest BCUT2D eigenvalue weighted by molar-refractivity contribution is 5.84. The van der Waals surface area contributed by atoms with Crippen LogP contribution in [0, 0.1) is 5.41 Å². The number of anilines is 1. The van der Waals surface area contributed by atoms with E-state index in [2.05, 4.69) is 16.3 Å². The van der Waals surface area contributed by atoms with Gasteiger partial charge in [-0.05, 0) is 25.1 Å². The largest absolute Gasteiger partial charge is 0.497 e. The van der Waals surface area contributed by atoms with Crippen LogP contribution >= 0.6 is 0 Å². The number of methoxy groups -OCH3 is 2. The number of rotatable bonds is 5. The highest BCUT2D eigenvalue weighted by atomic mass is 16.5. The molecule has 1 aromatic carbocycles. The second-order valence-corrected chi connectivity index (χ2v) is 6.62. The lowest BCUT2D eigenvalue weighted by Gasteiger charge is -2.40. The van der Waals surface area contributed by atoms with Gasteiger partial charge in [0, 0.05) is 51.6 Å². The molecular weight excluding hydrogens is 306 g/mol. The predicted molar refractivity (Wildman–Crippen MR) is 93.6 cm³/mol. The third-order valence-corrected chi connectivity index (χ3v) is 5.10. The van der Waals surface area contributed by atoms with Gasteiger partial charge in [0.25, 0.3) is 0 Å². The van der Waals surface area contributed by atoms with Gasteiger partial charge in [-0.25, -0.2) is 0 Å². The minimum absolute atomic E-state index is 0.236. The summed E-state index contributed by atoms with van der Waals surface area (Å²) < 4.78 is 10.6. The molecule has 1 N–H and O–H groups in total. The maximum atomic E-state index is 13.0. The minimum Gasteiger partial charge on any atom is -0.497 e. The van der Waals surface area contributed by atoms with Crippen molar-refractivity contribution in [3.63, 3.8) is 0 Å². The van der Waals surface area contributed by atoms with Gasteiger partial charge in [0.2, 0.25) is 5.91 Å². The van der Waals surface area contributed by atoms with Crippen LogP contribution in [-0.4, -0.2) is 70.9 Å². The maximum Gasteiger partial charge on any atom is 0.232 e. The van der Waals surface area contributed by atoms with E-state index in [1.54, 1.807) is 14.2 Å². The standard InChI is InChI=1S/C18H27N3O3/c1-23-14-18(6-7-19-13-18)17(22)21-10-8-20(9-11-21)15-4-3-5-16(12-15)24-2/h3-5,12,19H,6-11,13-14H2,1-2H3. The molecule has 6 nitrogen and oxygen atoms in total. The van der Waals surface area contributed by atoms with Crippen molar-refractivity contribution in [2.45, 2.75) is 6.42 Å². The van der Waals surface area contributed by atoms with E-state index in [9.17, 15) is 4.79 Å². The second kappa shape index (κ2) is 7.40. The summed E-state index contributed by atoms with van der Waals surface area (Å²) in [5.41, 5.74) is 0.767. The van der Waals surface area contributed by atoms with Crippen LogP contribution in [0.15, 0.2) is 24.3 Å². The molecule has 2 saturated heterocycles. The molecule has 0 saturated carbocycles. The Kier molecular flexibility index (Phi) is 5.26. The molecule has 1 unspecified atom stereocenters. The highest BCUT2D eigenvalue weighted by Crippen LogP contribution is 2.30. The van der Waals surface area contributed by atoms with Crippen molar-refractivity contribution >= 4 is 11.6 Å². The van der Waals surface area contributed by atoms with E-state index in [1.807, 2.05) is 23.1 Å².